The number of anilines is 1. The molecule has 0 unspecified atom stereocenters. The third-order valence-corrected chi connectivity index (χ3v) is 4.24. The maximum atomic E-state index is 13.6. The highest BCUT2D eigenvalue weighted by Gasteiger charge is 2.19. The van der Waals surface area contributed by atoms with E-state index in [-0.39, 0.29) is 11.4 Å². The van der Waals surface area contributed by atoms with Crippen LogP contribution in [0.4, 0.5) is 10.1 Å². The average molecular weight is 295 g/mol. The minimum atomic E-state index is -4.08. The fourth-order valence-corrected chi connectivity index (χ4v) is 2.89. The Hall–Kier alpha value is -2.08. The molecule has 2 aromatic rings. The summed E-state index contributed by atoms with van der Waals surface area (Å²) in [6.07, 6.45) is 0.689. The van der Waals surface area contributed by atoms with Crippen LogP contribution in [0.5, 0.6) is 5.75 Å². The molecule has 106 valence electrons. The van der Waals surface area contributed by atoms with Gasteiger partial charge in [0.25, 0.3) is 10.0 Å². The number of sulfonamides is 1. The molecule has 2 N–H and O–H groups in total. The van der Waals surface area contributed by atoms with E-state index in [2.05, 4.69) is 4.72 Å². The molecule has 6 heteroatoms. The lowest BCUT2D eigenvalue weighted by molar-refractivity contribution is 0.477. The fraction of sp³-hybridized carbons (Fsp3) is 0.143. The van der Waals surface area contributed by atoms with Gasteiger partial charge < -0.3 is 5.11 Å². The summed E-state index contributed by atoms with van der Waals surface area (Å²) in [6.45, 7) is 1.90. The lowest BCUT2D eigenvalue weighted by Crippen LogP contribution is -2.14. The van der Waals surface area contributed by atoms with Gasteiger partial charge in [-0.1, -0.05) is 25.1 Å². The van der Waals surface area contributed by atoms with E-state index in [0.717, 1.165) is 11.6 Å². The summed E-state index contributed by atoms with van der Waals surface area (Å²) >= 11 is 0. The molecule has 0 aliphatic heterocycles. The zero-order chi connectivity index (χ0) is 14.8. The number of aryl methyl sites for hydroxylation is 1. The summed E-state index contributed by atoms with van der Waals surface area (Å²) in [5, 5.41) is 9.69. The largest absolute Gasteiger partial charge is 0.506 e. The van der Waals surface area contributed by atoms with Crippen molar-refractivity contribution in [3.05, 3.63) is 53.8 Å². The summed E-state index contributed by atoms with van der Waals surface area (Å²) in [5.41, 5.74) is 0.890. The van der Waals surface area contributed by atoms with Crippen LogP contribution in [0.2, 0.25) is 0 Å². The summed E-state index contributed by atoms with van der Waals surface area (Å²) in [7, 11) is -4.08. The van der Waals surface area contributed by atoms with Gasteiger partial charge in [0.1, 0.15) is 16.5 Å². The van der Waals surface area contributed by atoms with Crippen molar-refractivity contribution in [2.75, 3.05) is 4.72 Å². The van der Waals surface area contributed by atoms with Crippen LogP contribution in [0.15, 0.2) is 47.4 Å². The number of phenolic OH excluding ortho intramolecular Hbond substituents is 1. The van der Waals surface area contributed by atoms with Crippen molar-refractivity contribution in [2.24, 2.45) is 0 Å². The van der Waals surface area contributed by atoms with E-state index in [4.69, 9.17) is 0 Å². The Labute approximate surface area is 116 Å². The first-order valence-electron chi connectivity index (χ1n) is 6.03. The van der Waals surface area contributed by atoms with Gasteiger partial charge in [-0.25, -0.2) is 12.8 Å². The highest BCUT2D eigenvalue weighted by atomic mass is 32.2. The van der Waals surface area contributed by atoms with Gasteiger partial charge in [-0.3, -0.25) is 4.72 Å². The number of benzene rings is 2. The highest BCUT2D eigenvalue weighted by Crippen LogP contribution is 2.27. The quantitative estimate of drug-likeness (QED) is 0.852. The molecule has 0 aliphatic carbocycles. The molecule has 2 rings (SSSR count). The Morgan fingerprint density at radius 3 is 2.55 bits per heavy atom. The van der Waals surface area contributed by atoms with Crippen molar-refractivity contribution in [1.29, 1.82) is 0 Å². The maximum absolute atomic E-state index is 13.6. The van der Waals surface area contributed by atoms with Gasteiger partial charge in [0.05, 0.1) is 5.69 Å². The Bertz CT molecular complexity index is 729. The second kappa shape index (κ2) is 5.50. The van der Waals surface area contributed by atoms with E-state index in [1.165, 1.54) is 30.3 Å². The van der Waals surface area contributed by atoms with Crippen molar-refractivity contribution in [3.8, 4) is 5.75 Å². The van der Waals surface area contributed by atoms with Gasteiger partial charge in [0, 0.05) is 0 Å². The molecule has 0 heterocycles. The molecule has 0 spiro atoms. The standard InChI is InChI=1S/C14H14FNO3S/c1-2-10-7-8-13(17)12(9-10)16-20(18,19)14-6-4-3-5-11(14)15/h3-9,16-17H,2H2,1H3. The molecule has 0 aromatic heterocycles. The first kappa shape index (κ1) is 14.3. The average Bonchev–Trinajstić information content (AvgIpc) is 2.41. The number of hydrogen-bond acceptors (Lipinski definition) is 3. The zero-order valence-electron chi connectivity index (χ0n) is 10.8. The molecule has 0 saturated heterocycles. The zero-order valence-corrected chi connectivity index (χ0v) is 11.6. The molecule has 0 fully saturated rings. The lowest BCUT2D eigenvalue weighted by Gasteiger charge is -2.11. The van der Waals surface area contributed by atoms with E-state index < -0.39 is 20.7 Å². The van der Waals surface area contributed by atoms with Crippen LogP contribution in [0.3, 0.4) is 0 Å². The van der Waals surface area contributed by atoms with Crippen molar-refractivity contribution >= 4 is 15.7 Å². The number of hydrogen-bond donors (Lipinski definition) is 2. The maximum Gasteiger partial charge on any atom is 0.264 e. The third kappa shape index (κ3) is 2.91. The van der Waals surface area contributed by atoms with Crippen LogP contribution in [0.25, 0.3) is 0 Å². The predicted molar refractivity (Wildman–Crippen MR) is 74.7 cm³/mol. The molecular weight excluding hydrogens is 281 g/mol. The van der Waals surface area contributed by atoms with Crippen LogP contribution in [0, 0.1) is 5.82 Å². The third-order valence-electron chi connectivity index (χ3n) is 2.84. The second-order valence-electron chi connectivity index (χ2n) is 4.24. The normalized spacial score (nSPS) is 11.3. The molecule has 0 bridgehead atoms. The number of aromatic hydroxyl groups is 1. The van der Waals surface area contributed by atoms with Crippen LogP contribution < -0.4 is 4.72 Å². The lowest BCUT2D eigenvalue weighted by atomic mass is 10.1. The number of rotatable bonds is 4. The molecular formula is C14H14FNO3S. The number of halogens is 1. The van der Waals surface area contributed by atoms with E-state index in [1.54, 1.807) is 6.07 Å². The molecule has 0 aliphatic rings. The van der Waals surface area contributed by atoms with E-state index in [0.29, 0.717) is 6.42 Å². The van der Waals surface area contributed by atoms with Gasteiger partial charge in [-0.05, 0) is 36.2 Å². The second-order valence-corrected chi connectivity index (χ2v) is 5.89. The Kier molecular flexibility index (Phi) is 3.94. The number of nitrogens with one attached hydrogen (secondary N) is 1. The van der Waals surface area contributed by atoms with Crippen molar-refractivity contribution < 1.29 is 17.9 Å². The van der Waals surface area contributed by atoms with Crippen LogP contribution in [0.1, 0.15) is 12.5 Å². The first-order chi connectivity index (χ1) is 9.44. The van der Waals surface area contributed by atoms with Crippen LogP contribution >= 0.6 is 0 Å². The predicted octanol–water partition coefficient (Wildman–Crippen LogP) is 2.89. The van der Waals surface area contributed by atoms with Crippen molar-refractivity contribution in [2.45, 2.75) is 18.2 Å². The summed E-state index contributed by atoms with van der Waals surface area (Å²) in [6, 6.07) is 9.68. The fourth-order valence-electron chi connectivity index (χ4n) is 1.75. The number of phenols is 1. The smallest absolute Gasteiger partial charge is 0.264 e. The molecule has 0 saturated carbocycles. The van der Waals surface area contributed by atoms with Gasteiger partial charge in [-0.2, -0.15) is 0 Å². The van der Waals surface area contributed by atoms with Crippen LogP contribution in [-0.2, 0) is 16.4 Å². The van der Waals surface area contributed by atoms with Gasteiger partial charge >= 0.3 is 0 Å². The Morgan fingerprint density at radius 1 is 1.20 bits per heavy atom. The molecule has 20 heavy (non-hydrogen) atoms. The Balaban J connectivity index is 2.41. The SMILES string of the molecule is CCc1ccc(O)c(NS(=O)(=O)c2ccccc2F)c1. The summed E-state index contributed by atoms with van der Waals surface area (Å²) < 4.78 is 40.0. The minimum Gasteiger partial charge on any atom is -0.506 e. The molecule has 0 amide bonds. The van der Waals surface area contributed by atoms with Crippen LogP contribution in [-0.4, -0.2) is 13.5 Å². The van der Waals surface area contributed by atoms with E-state index >= 15 is 0 Å². The first-order valence-corrected chi connectivity index (χ1v) is 7.51. The highest BCUT2D eigenvalue weighted by molar-refractivity contribution is 7.92. The van der Waals surface area contributed by atoms with Gasteiger partial charge in [0.15, 0.2) is 0 Å². The van der Waals surface area contributed by atoms with Gasteiger partial charge in [-0.15, -0.1) is 0 Å². The van der Waals surface area contributed by atoms with Crippen molar-refractivity contribution in [3.63, 3.8) is 0 Å². The van der Waals surface area contributed by atoms with E-state index in [1.807, 2.05) is 6.92 Å². The summed E-state index contributed by atoms with van der Waals surface area (Å²) in [5.74, 6) is -1.05. The topological polar surface area (TPSA) is 66.4 Å². The van der Waals surface area contributed by atoms with E-state index in [9.17, 15) is 17.9 Å². The monoisotopic (exact) mass is 295 g/mol. The Morgan fingerprint density at radius 2 is 1.90 bits per heavy atom. The van der Waals surface area contributed by atoms with Gasteiger partial charge in [0.2, 0.25) is 0 Å². The summed E-state index contributed by atoms with van der Waals surface area (Å²) in [4.78, 5) is -0.457. The minimum absolute atomic E-state index is 0.0348. The molecule has 0 radical (unpaired) electrons. The van der Waals surface area contributed by atoms with Crippen molar-refractivity contribution in [1.82, 2.24) is 0 Å². The molecule has 4 nitrogen and oxygen atoms in total. The molecule has 2 aromatic carbocycles. The molecule has 0 atom stereocenters.